The molecule has 80 valence electrons. The van der Waals surface area contributed by atoms with Crippen LogP contribution >= 0.6 is 0 Å². The Morgan fingerprint density at radius 3 is 2.50 bits per heavy atom. The maximum absolute atomic E-state index is 3.49. The second-order valence-corrected chi connectivity index (χ2v) is 4.12. The fraction of sp³-hybridized carbons (Fsp3) is 0.833. The van der Waals surface area contributed by atoms with Gasteiger partial charge in [0, 0.05) is 25.0 Å². The SMILES string of the molecule is CC#CCCNN1C(C)CCCC1C. The number of hydrogen-bond donors (Lipinski definition) is 1. The number of rotatable bonds is 3. The van der Waals surface area contributed by atoms with Crippen molar-refractivity contribution >= 4 is 0 Å². The molecule has 1 saturated heterocycles. The van der Waals surface area contributed by atoms with Gasteiger partial charge in [0.05, 0.1) is 0 Å². The van der Waals surface area contributed by atoms with Gasteiger partial charge >= 0.3 is 0 Å². The summed E-state index contributed by atoms with van der Waals surface area (Å²) in [7, 11) is 0. The molecule has 2 nitrogen and oxygen atoms in total. The van der Waals surface area contributed by atoms with E-state index in [4.69, 9.17) is 0 Å². The first kappa shape index (κ1) is 11.6. The molecule has 2 heteroatoms. The van der Waals surface area contributed by atoms with Crippen LogP contribution in [0.5, 0.6) is 0 Å². The Morgan fingerprint density at radius 1 is 1.29 bits per heavy atom. The molecule has 0 aromatic carbocycles. The zero-order chi connectivity index (χ0) is 10.4. The third kappa shape index (κ3) is 3.32. The van der Waals surface area contributed by atoms with E-state index < -0.39 is 0 Å². The van der Waals surface area contributed by atoms with Crippen LogP contribution < -0.4 is 5.43 Å². The lowest BCUT2D eigenvalue weighted by atomic mass is 10.00. The lowest BCUT2D eigenvalue weighted by Gasteiger charge is -2.39. The lowest BCUT2D eigenvalue weighted by molar-refractivity contribution is 0.0475. The van der Waals surface area contributed by atoms with Gasteiger partial charge in [0.15, 0.2) is 0 Å². The van der Waals surface area contributed by atoms with E-state index in [1.54, 1.807) is 0 Å². The van der Waals surface area contributed by atoms with Crippen LogP contribution in [-0.4, -0.2) is 23.6 Å². The molecule has 0 aromatic heterocycles. The number of hydrogen-bond acceptors (Lipinski definition) is 2. The summed E-state index contributed by atoms with van der Waals surface area (Å²) in [5, 5.41) is 2.40. The highest BCUT2D eigenvalue weighted by Crippen LogP contribution is 2.19. The summed E-state index contributed by atoms with van der Waals surface area (Å²) in [4.78, 5) is 0. The number of nitrogens with zero attached hydrogens (tertiary/aromatic N) is 1. The van der Waals surface area contributed by atoms with E-state index in [2.05, 4.69) is 36.1 Å². The molecule has 1 aliphatic rings. The first-order chi connectivity index (χ1) is 6.75. The van der Waals surface area contributed by atoms with Crippen LogP contribution in [0, 0.1) is 11.8 Å². The van der Waals surface area contributed by atoms with Crippen LogP contribution in [0.3, 0.4) is 0 Å². The van der Waals surface area contributed by atoms with Crippen molar-refractivity contribution in [1.29, 1.82) is 0 Å². The van der Waals surface area contributed by atoms with Gasteiger partial charge in [-0.25, -0.2) is 5.01 Å². The Kier molecular flexibility index (Phi) is 5.00. The second kappa shape index (κ2) is 6.06. The summed E-state index contributed by atoms with van der Waals surface area (Å²) >= 11 is 0. The van der Waals surface area contributed by atoms with Crippen LogP contribution in [0.1, 0.15) is 46.5 Å². The minimum absolute atomic E-state index is 0.674. The van der Waals surface area contributed by atoms with Gasteiger partial charge in [0.2, 0.25) is 0 Å². The van der Waals surface area contributed by atoms with E-state index in [0.29, 0.717) is 12.1 Å². The first-order valence-corrected chi connectivity index (χ1v) is 5.67. The molecule has 0 spiro atoms. The maximum Gasteiger partial charge on any atom is 0.0228 e. The molecule has 1 N–H and O–H groups in total. The van der Waals surface area contributed by atoms with Crippen molar-refractivity contribution in [2.75, 3.05) is 6.54 Å². The summed E-state index contributed by atoms with van der Waals surface area (Å²) in [6, 6.07) is 1.35. The van der Waals surface area contributed by atoms with Gasteiger partial charge < -0.3 is 0 Å². The van der Waals surface area contributed by atoms with Gasteiger partial charge in [0.1, 0.15) is 0 Å². The lowest BCUT2D eigenvalue weighted by Crippen LogP contribution is -2.52. The molecule has 2 unspecified atom stereocenters. The number of nitrogens with one attached hydrogen (secondary N) is 1. The second-order valence-electron chi connectivity index (χ2n) is 4.12. The molecule has 1 fully saturated rings. The van der Waals surface area contributed by atoms with E-state index in [0.717, 1.165) is 13.0 Å². The molecule has 0 bridgehead atoms. The topological polar surface area (TPSA) is 15.3 Å². The summed E-state index contributed by atoms with van der Waals surface area (Å²) in [6.45, 7) is 7.48. The van der Waals surface area contributed by atoms with Crippen molar-refractivity contribution in [2.45, 2.75) is 58.5 Å². The minimum atomic E-state index is 0.674. The van der Waals surface area contributed by atoms with Gasteiger partial charge in [-0.2, -0.15) is 0 Å². The minimum Gasteiger partial charge on any atom is -0.254 e. The largest absolute Gasteiger partial charge is 0.254 e. The van der Waals surface area contributed by atoms with Crippen molar-refractivity contribution in [1.82, 2.24) is 10.4 Å². The summed E-state index contributed by atoms with van der Waals surface area (Å²) < 4.78 is 0. The number of piperidine rings is 1. The molecule has 0 saturated carbocycles. The molecule has 0 amide bonds. The summed E-state index contributed by atoms with van der Waals surface area (Å²) in [6.07, 6.45) is 4.95. The van der Waals surface area contributed by atoms with E-state index in [-0.39, 0.29) is 0 Å². The molecular formula is C12H22N2. The third-order valence-electron chi connectivity index (χ3n) is 2.91. The van der Waals surface area contributed by atoms with Crippen molar-refractivity contribution in [3.63, 3.8) is 0 Å². The molecule has 0 radical (unpaired) electrons. The van der Waals surface area contributed by atoms with E-state index in [1.165, 1.54) is 19.3 Å². The first-order valence-electron chi connectivity index (χ1n) is 5.67. The zero-order valence-electron chi connectivity index (χ0n) is 9.64. The van der Waals surface area contributed by atoms with Gasteiger partial charge in [0.25, 0.3) is 0 Å². The van der Waals surface area contributed by atoms with E-state index >= 15 is 0 Å². The Balaban J connectivity index is 2.28. The monoisotopic (exact) mass is 194 g/mol. The quantitative estimate of drug-likeness (QED) is 0.547. The van der Waals surface area contributed by atoms with Crippen molar-refractivity contribution in [2.24, 2.45) is 0 Å². The Hall–Kier alpha value is -0.520. The van der Waals surface area contributed by atoms with Crippen LogP contribution in [0.25, 0.3) is 0 Å². The Morgan fingerprint density at radius 2 is 1.93 bits per heavy atom. The summed E-state index contributed by atoms with van der Waals surface area (Å²) in [5.41, 5.74) is 3.49. The standard InChI is InChI=1S/C12H22N2/c1-4-5-6-10-13-14-11(2)8-7-9-12(14)3/h11-13H,6-10H2,1-3H3. The van der Waals surface area contributed by atoms with Crippen LogP contribution in [0.2, 0.25) is 0 Å². The van der Waals surface area contributed by atoms with Gasteiger partial charge in [-0.1, -0.05) is 6.42 Å². The molecular weight excluding hydrogens is 172 g/mol. The normalized spacial score (nSPS) is 28.2. The maximum atomic E-state index is 3.49. The fourth-order valence-electron chi connectivity index (χ4n) is 2.11. The average Bonchev–Trinajstić information content (AvgIpc) is 2.16. The smallest absolute Gasteiger partial charge is 0.0228 e. The van der Waals surface area contributed by atoms with Gasteiger partial charge in [-0.3, -0.25) is 5.43 Å². The van der Waals surface area contributed by atoms with Gasteiger partial charge in [-0.05, 0) is 33.6 Å². The average molecular weight is 194 g/mol. The van der Waals surface area contributed by atoms with Crippen LogP contribution in [0.4, 0.5) is 0 Å². The number of hydrazine groups is 1. The zero-order valence-corrected chi connectivity index (χ0v) is 9.64. The highest BCUT2D eigenvalue weighted by Gasteiger charge is 2.23. The molecule has 0 aromatic rings. The molecule has 1 heterocycles. The fourth-order valence-corrected chi connectivity index (χ4v) is 2.11. The Labute approximate surface area is 88.0 Å². The van der Waals surface area contributed by atoms with Crippen LogP contribution in [0.15, 0.2) is 0 Å². The molecule has 1 rings (SSSR count). The van der Waals surface area contributed by atoms with Crippen molar-refractivity contribution in [3.8, 4) is 11.8 Å². The highest BCUT2D eigenvalue weighted by atomic mass is 15.5. The molecule has 0 aliphatic carbocycles. The van der Waals surface area contributed by atoms with Crippen molar-refractivity contribution in [3.05, 3.63) is 0 Å². The molecule has 2 atom stereocenters. The predicted molar refractivity (Wildman–Crippen MR) is 60.7 cm³/mol. The Bertz CT molecular complexity index is 204. The third-order valence-corrected chi connectivity index (χ3v) is 2.91. The van der Waals surface area contributed by atoms with Crippen LogP contribution in [-0.2, 0) is 0 Å². The van der Waals surface area contributed by atoms with E-state index in [9.17, 15) is 0 Å². The summed E-state index contributed by atoms with van der Waals surface area (Å²) in [5.74, 6) is 6.00. The van der Waals surface area contributed by atoms with E-state index in [1.807, 2.05) is 6.92 Å². The molecule has 1 aliphatic heterocycles. The molecule has 14 heavy (non-hydrogen) atoms. The predicted octanol–water partition coefficient (Wildman–Crippen LogP) is 2.17. The highest BCUT2D eigenvalue weighted by molar-refractivity contribution is 4.95. The van der Waals surface area contributed by atoms with Crippen molar-refractivity contribution < 1.29 is 0 Å². The van der Waals surface area contributed by atoms with Gasteiger partial charge in [-0.15, -0.1) is 11.8 Å².